The minimum atomic E-state index is -0.634. The highest BCUT2D eigenvalue weighted by Gasteiger charge is 2.26. The second-order valence-corrected chi connectivity index (χ2v) is 10.2. The molecule has 174 valence electrons. The standard InChI is InChI=1S/C25H26BrF2N3O2/c1-25(2,3)33-24(32)30-19-6-8-31(9-7-19)23-20-12-16(26)4-5-22(20)29-14-21(23)15-10-17(27)13-18(28)11-15/h4-5,10-14,19H,6-9H2,1-3H3,(H,30,32). The molecule has 0 spiro atoms. The van der Waals surface area contributed by atoms with Crippen molar-refractivity contribution in [1.82, 2.24) is 10.3 Å². The van der Waals surface area contributed by atoms with Gasteiger partial charge >= 0.3 is 6.09 Å². The molecule has 33 heavy (non-hydrogen) atoms. The van der Waals surface area contributed by atoms with Crippen LogP contribution in [0.5, 0.6) is 0 Å². The van der Waals surface area contributed by atoms with Gasteiger partial charge in [0.2, 0.25) is 0 Å². The molecule has 2 aromatic carbocycles. The van der Waals surface area contributed by atoms with E-state index < -0.39 is 23.3 Å². The molecule has 0 saturated carbocycles. The molecule has 1 fully saturated rings. The third-order valence-electron chi connectivity index (χ3n) is 5.51. The number of aromatic nitrogens is 1. The van der Waals surface area contributed by atoms with Crippen LogP contribution in [0.4, 0.5) is 19.3 Å². The molecule has 0 aliphatic carbocycles. The number of piperidine rings is 1. The maximum atomic E-state index is 14.0. The van der Waals surface area contributed by atoms with Gasteiger partial charge in [0, 0.05) is 46.8 Å². The van der Waals surface area contributed by atoms with Crippen molar-refractivity contribution in [3.8, 4) is 11.1 Å². The zero-order valence-corrected chi connectivity index (χ0v) is 20.4. The minimum absolute atomic E-state index is 0.00833. The minimum Gasteiger partial charge on any atom is -0.444 e. The van der Waals surface area contributed by atoms with Crippen LogP contribution in [0, 0.1) is 11.6 Å². The lowest BCUT2D eigenvalue weighted by Crippen LogP contribution is -2.46. The van der Waals surface area contributed by atoms with E-state index in [0.717, 1.165) is 27.1 Å². The van der Waals surface area contributed by atoms with Gasteiger partial charge in [0.15, 0.2) is 0 Å². The maximum absolute atomic E-state index is 14.0. The summed E-state index contributed by atoms with van der Waals surface area (Å²) in [5.74, 6) is -1.27. The number of carbonyl (C=O) groups is 1. The van der Waals surface area contributed by atoms with Crippen LogP contribution < -0.4 is 10.2 Å². The van der Waals surface area contributed by atoms with Crippen LogP contribution in [-0.2, 0) is 4.74 Å². The van der Waals surface area contributed by atoms with E-state index in [1.807, 2.05) is 39.0 Å². The van der Waals surface area contributed by atoms with E-state index in [4.69, 9.17) is 4.74 Å². The molecule has 1 N–H and O–H groups in total. The smallest absolute Gasteiger partial charge is 0.407 e. The number of alkyl carbamates (subject to hydrolysis) is 1. The summed E-state index contributed by atoms with van der Waals surface area (Å²) in [6.07, 6.45) is 2.68. The number of hydrogen-bond donors (Lipinski definition) is 1. The summed E-state index contributed by atoms with van der Waals surface area (Å²) in [7, 11) is 0. The number of fused-ring (bicyclic) bond motifs is 1. The van der Waals surface area contributed by atoms with Crippen LogP contribution in [0.3, 0.4) is 0 Å². The van der Waals surface area contributed by atoms with Crippen LogP contribution in [0.15, 0.2) is 47.1 Å². The van der Waals surface area contributed by atoms with E-state index in [2.05, 4.69) is 31.1 Å². The third kappa shape index (κ3) is 5.61. The van der Waals surface area contributed by atoms with E-state index in [9.17, 15) is 13.6 Å². The summed E-state index contributed by atoms with van der Waals surface area (Å²) in [5.41, 5.74) is 2.22. The number of benzene rings is 2. The number of nitrogens with one attached hydrogen (secondary N) is 1. The van der Waals surface area contributed by atoms with Crippen molar-refractivity contribution in [2.45, 2.75) is 45.3 Å². The summed E-state index contributed by atoms with van der Waals surface area (Å²) < 4.78 is 34.3. The first-order valence-electron chi connectivity index (χ1n) is 10.9. The van der Waals surface area contributed by atoms with Gasteiger partial charge in [-0.05, 0) is 69.5 Å². The Balaban J connectivity index is 1.65. The molecule has 1 aliphatic rings. The van der Waals surface area contributed by atoms with Gasteiger partial charge in [0.05, 0.1) is 11.2 Å². The molecule has 5 nitrogen and oxygen atoms in total. The lowest BCUT2D eigenvalue weighted by Gasteiger charge is -2.36. The van der Waals surface area contributed by atoms with Crippen LogP contribution in [-0.4, -0.2) is 35.8 Å². The van der Waals surface area contributed by atoms with Gasteiger partial charge in [-0.25, -0.2) is 13.6 Å². The predicted molar refractivity (Wildman–Crippen MR) is 129 cm³/mol. The van der Waals surface area contributed by atoms with Crippen molar-refractivity contribution in [3.63, 3.8) is 0 Å². The van der Waals surface area contributed by atoms with Gasteiger partial charge in [-0.2, -0.15) is 0 Å². The average Bonchev–Trinajstić information content (AvgIpc) is 2.71. The first-order valence-corrected chi connectivity index (χ1v) is 11.7. The summed E-state index contributed by atoms with van der Waals surface area (Å²) in [5, 5.41) is 3.84. The fourth-order valence-corrected chi connectivity index (χ4v) is 4.49. The molecule has 1 amide bonds. The summed E-state index contributed by atoms with van der Waals surface area (Å²) in [4.78, 5) is 18.9. The Morgan fingerprint density at radius 2 is 1.79 bits per heavy atom. The molecule has 4 rings (SSSR count). The number of carbonyl (C=O) groups excluding carboxylic acids is 1. The molecule has 0 atom stereocenters. The Morgan fingerprint density at radius 3 is 2.42 bits per heavy atom. The Kier molecular flexibility index (Phi) is 6.56. The molecule has 3 aromatic rings. The number of hydrogen-bond acceptors (Lipinski definition) is 4. The number of ether oxygens (including phenoxy) is 1. The molecule has 8 heteroatoms. The first kappa shape index (κ1) is 23.4. The van der Waals surface area contributed by atoms with Gasteiger partial charge < -0.3 is 15.0 Å². The molecule has 0 bridgehead atoms. The molecule has 1 saturated heterocycles. The largest absolute Gasteiger partial charge is 0.444 e. The Morgan fingerprint density at radius 1 is 1.12 bits per heavy atom. The topological polar surface area (TPSA) is 54.5 Å². The van der Waals surface area contributed by atoms with Gasteiger partial charge in [0.25, 0.3) is 0 Å². The van der Waals surface area contributed by atoms with Gasteiger partial charge in [-0.1, -0.05) is 15.9 Å². The number of anilines is 1. The van der Waals surface area contributed by atoms with Gasteiger partial charge in [-0.15, -0.1) is 0 Å². The molecular formula is C25H26BrF2N3O2. The molecule has 1 aromatic heterocycles. The Hall–Kier alpha value is -2.74. The van der Waals surface area contributed by atoms with E-state index in [1.54, 1.807) is 6.20 Å². The molecule has 0 radical (unpaired) electrons. The lowest BCUT2D eigenvalue weighted by atomic mass is 9.98. The zero-order valence-electron chi connectivity index (χ0n) is 18.8. The third-order valence-corrected chi connectivity index (χ3v) is 6.00. The van der Waals surface area contributed by atoms with Crippen LogP contribution in [0.25, 0.3) is 22.0 Å². The van der Waals surface area contributed by atoms with Crippen molar-refractivity contribution in [2.75, 3.05) is 18.0 Å². The summed E-state index contributed by atoms with van der Waals surface area (Å²) in [6.45, 7) is 6.82. The second kappa shape index (κ2) is 9.25. The van der Waals surface area contributed by atoms with Gasteiger partial charge in [0.1, 0.15) is 17.2 Å². The van der Waals surface area contributed by atoms with Gasteiger partial charge in [-0.3, -0.25) is 4.98 Å². The van der Waals surface area contributed by atoms with Crippen molar-refractivity contribution >= 4 is 38.6 Å². The first-order chi connectivity index (χ1) is 15.6. The molecular weight excluding hydrogens is 492 g/mol. The fraction of sp³-hybridized carbons (Fsp3) is 0.360. The fourth-order valence-electron chi connectivity index (χ4n) is 4.13. The molecule has 1 aliphatic heterocycles. The van der Waals surface area contributed by atoms with Crippen LogP contribution in [0.1, 0.15) is 33.6 Å². The highest BCUT2D eigenvalue weighted by molar-refractivity contribution is 9.10. The highest BCUT2D eigenvalue weighted by Crippen LogP contribution is 2.39. The number of rotatable bonds is 3. The van der Waals surface area contributed by atoms with Crippen molar-refractivity contribution in [2.24, 2.45) is 0 Å². The van der Waals surface area contributed by atoms with Crippen LogP contribution >= 0.6 is 15.9 Å². The lowest BCUT2D eigenvalue weighted by molar-refractivity contribution is 0.0497. The number of nitrogens with zero attached hydrogens (tertiary/aromatic N) is 2. The molecule has 2 heterocycles. The zero-order chi connectivity index (χ0) is 23.8. The Labute approximate surface area is 200 Å². The monoisotopic (exact) mass is 517 g/mol. The molecule has 0 unspecified atom stereocenters. The van der Waals surface area contributed by atoms with Crippen molar-refractivity contribution in [3.05, 3.63) is 58.7 Å². The quantitative estimate of drug-likeness (QED) is 0.434. The number of halogens is 3. The predicted octanol–water partition coefficient (Wildman–Crippen LogP) is 6.44. The van der Waals surface area contributed by atoms with E-state index in [-0.39, 0.29) is 6.04 Å². The maximum Gasteiger partial charge on any atom is 0.407 e. The van der Waals surface area contributed by atoms with E-state index in [1.165, 1.54) is 12.1 Å². The van der Waals surface area contributed by atoms with E-state index >= 15 is 0 Å². The van der Waals surface area contributed by atoms with Crippen LogP contribution in [0.2, 0.25) is 0 Å². The normalized spacial score (nSPS) is 15.0. The van der Waals surface area contributed by atoms with E-state index in [0.29, 0.717) is 37.1 Å². The number of amides is 1. The summed E-state index contributed by atoms with van der Waals surface area (Å²) >= 11 is 3.53. The van der Waals surface area contributed by atoms with Crippen molar-refractivity contribution in [1.29, 1.82) is 0 Å². The number of pyridine rings is 1. The SMILES string of the molecule is CC(C)(C)OC(=O)NC1CCN(c2c(-c3cc(F)cc(F)c3)cnc3ccc(Br)cc23)CC1. The Bertz CT molecular complexity index is 1170. The summed E-state index contributed by atoms with van der Waals surface area (Å²) in [6, 6.07) is 9.30. The highest BCUT2D eigenvalue weighted by atomic mass is 79.9. The van der Waals surface area contributed by atoms with Crippen molar-refractivity contribution < 1.29 is 18.3 Å². The average molecular weight is 518 g/mol. The second-order valence-electron chi connectivity index (χ2n) is 9.25.